The number of alkyl halides is 3. The smallest absolute Gasteiger partial charge is 0.403 e. The lowest BCUT2D eigenvalue weighted by atomic mass is 10.1. The van der Waals surface area contributed by atoms with Crippen LogP contribution in [0.5, 0.6) is 0 Å². The fourth-order valence-corrected chi connectivity index (χ4v) is 1.01. The van der Waals surface area contributed by atoms with Crippen molar-refractivity contribution in [1.82, 2.24) is 10.2 Å². The zero-order valence-corrected chi connectivity index (χ0v) is 9.54. The van der Waals surface area contributed by atoms with Gasteiger partial charge in [0.05, 0.1) is 0 Å². The molecule has 1 unspecified atom stereocenters. The number of halogens is 3. The summed E-state index contributed by atoms with van der Waals surface area (Å²) in [5.74, 6) is -4.61. The fourth-order valence-electron chi connectivity index (χ4n) is 1.01. The van der Waals surface area contributed by atoms with Crippen molar-refractivity contribution >= 4 is 11.9 Å². The number of carbonyl (C=O) groups is 2. The molecule has 0 spiro atoms. The molecule has 0 aliphatic heterocycles. The van der Waals surface area contributed by atoms with Gasteiger partial charge in [-0.2, -0.15) is 13.2 Å². The minimum Gasteiger partial charge on any atom is -0.481 e. The Labute approximate surface area is 96.6 Å². The highest BCUT2D eigenvalue weighted by Crippen LogP contribution is 2.25. The van der Waals surface area contributed by atoms with E-state index in [0.29, 0.717) is 0 Å². The molecule has 5 nitrogen and oxygen atoms in total. The molecule has 17 heavy (non-hydrogen) atoms. The molecular formula is C9H15F3N2O3. The third-order valence-electron chi connectivity index (χ3n) is 2.06. The largest absolute Gasteiger partial charge is 0.481 e. The quantitative estimate of drug-likeness (QED) is 0.671. The highest BCUT2D eigenvalue weighted by Gasteiger charge is 2.44. The standard InChI is InChI=1S/C9H15F3N2O3/c1-14(2)7(15)3-4-13-5-6(8(16)17)9(10,11)12/h6,13H,3-5H2,1-2H3,(H,16,17). The molecule has 0 saturated carbocycles. The fraction of sp³-hybridized carbons (Fsp3) is 0.778. The summed E-state index contributed by atoms with van der Waals surface area (Å²) < 4.78 is 36.6. The van der Waals surface area contributed by atoms with Gasteiger partial charge in [0, 0.05) is 33.6 Å². The molecule has 0 heterocycles. The van der Waals surface area contributed by atoms with Crippen LogP contribution in [-0.4, -0.2) is 55.2 Å². The second-order valence-corrected chi connectivity index (χ2v) is 3.67. The minimum atomic E-state index is -4.79. The Hall–Kier alpha value is -1.31. The maximum absolute atomic E-state index is 12.2. The van der Waals surface area contributed by atoms with Gasteiger partial charge in [0.1, 0.15) is 0 Å². The predicted molar refractivity (Wildman–Crippen MR) is 53.4 cm³/mol. The van der Waals surface area contributed by atoms with Gasteiger partial charge in [0.25, 0.3) is 0 Å². The van der Waals surface area contributed by atoms with E-state index >= 15 is 0 Å². The first-order chi connectivity index (χ1) is 7.66. The number of amides is 1. The Morgan fingerprint density at radius 3 is 2.24 bits per heavy atom. The van der Waals surface area contributed by atoms with E-state index in [-0.39, 0.29) is 18.9 Å². The number of nitrogens with zero attached hydrogens (tertiary/aromatic N) is 1. The number of carboxylic acid groups (broad SMARTS) is 1. The molecule has 2 N–H and O–H groups in total. The summed E-state index contributed by atoms with van der Waals surface area (Å²) in [6, 6.07) is 0. The van der Waals surface area contributed by atoms with Crippen molar-refractivity contribution in [2.45, 2.75) is 12.6 Å². The maximum atomic E-state index is 12.2. The van der Waals surface area contributed by atoms with Crippen molar-refractivity contribution in [3.05, 3.63) is 0 Å². The van der Waals surface area contributed by atoms with E-state index in [1.165, 1.54) is 19.0 Å². The number of nitrogens with one attached hydrogen (secondary N) is 1. The van der Waals surface area contributed by atoms with E-state index in [9.17, 15) is 22.8 Å². The van der Waals surface area contributed by atoms with Gasteiger partial charge >= 0.3 is 12.1 Å². The first-order valence-electron chi connectivity index (χ1n) is 4.86. The SMILES string of the molecule is CN(C)C(=O)CCNCC(C(=O)O)C(F)(F)F. The number of carbonyl (C=O) groups excluding carboxylic acids is 1. The lowest BCUT2D eigenvalue weighted by Gasteiger charge is -2.17. The summed E-state index contributed by atoms with van der Waals surface area (Å²) in [5, 5.41) is 10.7. The molecule has 0 aromatic heterocycles. The average Bonchev–Trinajstić information content (AvgIpc) is 2.13. The Kier molecular flexibility index (Phi) is 5.94. The lowest BCUT2D eigenvalue weighted by molar-refractivity contribution is -0.192. The van der Waals surface area contributed by atoms with Crippen LogP contribution in [0.4, 0.5) is 13.2 Å². The lowest BCUT2D eigenvalue weighted by Crippen LogP contribution is -2.40. The molecule has 0 aromatic carbocycles. The van der Waals surface area contributed by atoms with Gasteiger partial charge in [0.2, 0.25) is 5.91 Å². The highest BCUT2D eigenvalue weighted by atomic mass is 19.4. The van der Waals surface area contributed by atoms with Crippen molar-refractivity contribution in [1.29, 1.82) is 0 Å². The number of aliphatic carboxylic acids is 1. The predicted octanol–water partition coefficient (Wildman–Crippen LogP) is 0.317. The third-order valence-corrected chi connectivity index (χ3v) is 2.06. The van der Waals surface area contributed by atoms with Gasteiger partial charge in [-0.1, -0.05) is 0 Å². The molecule has 8 heteroatoms. The molecule has 0 aromatic rings. The van der Waals surface area contributed by atoms with Crippen molar-refractivity contribution in [2.24, 2.45) is 5.92 Å². The van der Waals surface area contributed by atoms with E-state index in [2.05, 4.69) is 5.32 Å². The van der Waals surface area contributed by atoms with Crippen LogP contribution in [0.15, 0.2) is 0 Å². The van der Waals surface area contributed by atoms with E-state index in [0.717, 1.165) is 0 Å². The molecule has 0 radical (unpaired) electrons. The van der Waals surface area contributed by atoms with E-state index in [1.807, 2.05) is 0 Å². The van der Waals surface area contributed by atoms with E-state index < -0.39 is 24.6 Å². The van der Waals surface area contributed by atoms with Gasteiger partial charge < -0.3 is 15.3 Å². The van der Waals surface area contributed by atoms with E-state index in [1.54, 1.807) is 0 Å². The normalized spacial score (nSPS) is 13.2. The first-order valence-corrected chi connectivity index (χ1v) is 4.86. The van der Waals surface area contributed by atoms with Crippen molar-refractivity contribution in [3.63, 3.8) is 0 Å². The van der Waals surface area contributed by atoms with E-state index in [4.69, 9.17) is 5.11 Å². The van der Waals surface area contributed by atoms with Crippen LogP contribution >= 0.6 is 0 Å². The summed E-state index contributed by atoms with van der Waals surface area (Å²) >= 11 is 0. The number of hydrogen-bond acceptors (Lipinski definition) is 3. The zero-order valence-electron chi connectivity index (χ0n) is 9.54. The number of hydrogen-bond donors (Lipinski definition) is 2. The van der Waals surface area contributed by atoms with Crippen LogP contribution in [-0.2, 0) is 9.59 Å². The van der Waals surface area contributed by atoms with Gasteiger partial charge in [-0.25, -0.2) is 0 Å². The van der Waals surface area contributed by atoms with Gasteiger partial charge in [-0.15, -0.1) is 0 Å². The van der Waals surface area contributed by atoms with Crippen molar-refractivity contribution < 1.29 is 27.9 Å². The minimum absolute atomic E-state index is 0.0108. The maximum Gasteiger partial charge on any atom is 0.403 e. The van der Waals surface area contributed by atoms with Gasteiger partial charge in [-0.3, -0.25) is 9.59 Å². The van der Waals surface area contributed by atoms with Crippen LogP contribution in [0.1, 0.15) is 6.42 Å². The first kappa shape index (κ1) is 15.7. The second-order valence-electron chi connectivity index (χ2n) is 3.67. The van der Waals surface area contributed by atoms with Crippen LogP contribution in [0, 0.1) is 5.92 Å². The Morgan fingerprint density at radius 1 is 1.35 bits per heavy atom. The van der Waals surface area contributed by atoms with Crippen LogP contribution < -0.4 is 5.32 Å². The summed E-state index contributed by atoms with van der Waals surface area (Å²) in [4.78, 5) is 22.7. The van der Waals surface area contributed by atoms with Crippen LogP contribution in [0.2, 0.25) is 0 Å². The van der Waals surface area contributed by atoms with Crippen molar-refractivity contribution in [2.75, 3.05) is 27.2 Å². The molecule has 100 valence electrons. The zero-order chi connectivity index (χ0) is 13.6. The Balaban J connectivity index is 4.01. The average molecular weight is 256 g/mol. The number of carboxylic acids is 1. The molecule has 1 atom stereocenters. The molecule has 0 saturated heterocycles. The summed E-state index contributed by atoms with van der Waals surface area (Å²) in [6.07, 6.45) is -4.76. The molecule has 0 aliphatic rings. The summed E-state index contributed by atoms with van der Waals surface area (Å²) in [5.41, 5.74) is 0. The van der Waals surface area contributed by atoms with Crippen LogP contribution in [0.25, 0.3) is 0 Å². The van der Waals surface area contributed by atoms with Crippen molar-refractivity contribution in [3.8, 4) is 0 Å². The summed E-state index contributed by atoms with van der Waals surface area (Å²) in [7, 11) is 3.05. The Morgan fingerprint density at radius 2 is 1.88 bits per heavy atom. The topological polar surface area (TPSA) is 69.6 Å². The molecular weight excluding hydrogens is 241 g/mol. The number of rotatable bonds is 6. The molecule has 0 rings (SSSR count). The third kappa shape index (κ3) is 6.10. The monoisotopic (exact) mass is 256 g/mol. The van der Waals surface area contributed by atoms with Gasteiger partial charge in [-0.05, 0) is 0 Å². The second kappa shape index (κ2) is 6.43. The highest BCUT2D eigenvalue weighted by molar-refractivity contribution is 5.75. The van der Waals surface area contributed by atoms with Crippen LogP contribution in [0.3, 0.4) is 0 Å². The molecule has 1 amide bonds. The molecule has 0 fully saturated rings. The summed E-state index contributed by atoms with van der Waals surface area (Å²) in [6.45, 7) is -0.726. The molecule has 0 aliphatic carbocycles. The molecule has 0 bridgehead atoms. The Bertz CT molecular complexity index is 279. The van der Waals surface area contributed by atoms with Gasteiger partial charge in [0.15, 0.2) is 5.92 Å².